The lowest BCUT2D eigenvalue weighted by Crippen LogP contribution is -2.13. The number of nitriles is 1. The largest absolute Gasteiger partial charge is 0.376 e. The second-order valence-corrected chi connectivity index (χ2v) is 9.52. The van der Waals surface area contributed by atoms with Gasteiger partial charge in [0.2, 0.25) is 0 Å². The van der Waals surface area contributed by atoms with Gasteiger partial charge >= 0.3 is 10.1 Å². The van der Waals surface area contributed by atoms with Gasteiger partial charge in [0.1, 0.15) is 16.5 Å². The molecule has 3 aromatic carbocycles. The third-order valence-electron chi connectivity index (χ3n) is 4.48. The van der Waals surface area contributed by atoms with Crippen molar-refractivity contribution in [1.82, 2.24) is 0 Å². The molecule has 0 heterocycles. The van der Waals surface area contributed by atoms with Crippen LogP contribution in [0.1, 0.15) is 16.7 Å². The molecule has 6 nitrogen and oxygen atoms in total. The maximum Gasteiger partial charge on any atom is 0.339 e. The summed E-state index contributed by atoms with van der Waals surface area (Å²) in [5.74, 6) is -0.864. The van der Waals surface area contributed by atoms with Crippen LogP contribution >= 0.6 is 23.2 Å². The first-order chi connectivity index (χ1) is 15.6. The molecule has 0 aromatic heterocycles. The minimum absolute atomic E-state index is 0.0520. The predicted molar refractivity (Wildman–Crippen MR) is 129 cm³/mol. The molecule has 168 valence electrons. The number of hydrogen-bond acceptors (Lipinski definition) is 5. The quantitative estimate of drug-likeness (QED) is 0.257. The number of halogens is 2. The van der Waals surface area contributed by atoms with Crippen LogP contribution in [0.3, 0.4) is 0 Å². The Hall–Kier alpha value is -3.31. The first-order valence-electron chi connectivity index (χ1n) is 9.59. The number of rotatable bonds is 6. The fourth-order valence-corrected chi connectivity index (χ4v) is 4.48. The summed E-state index contributed by atoms with van der Waals surface area (Å²) >= 11 is 12.4. The first kappa shape index (κ1) is 24.3. The molecule has 9 heteroatoms. The molecule has 0 atom stereocenters. The topological polar surface area (TPSA) is 96.3 Å². The second kappa shape index (κ2) is 10.1. The molecule has 0 saturated heterocycles. The van der Waals surface area contributed by atoms with Crippen molar-refractivity contribution >= 4 is 51.0 Å². The Balaban J connectivity index is 1.86. The van der Waals surface area contributed by atoms with E-state index in [1.165, 1.54) is 30.3 Å². The van der Waals surface area contributed by atoms with Crippen molar-refractivity contribution in [3.05, 3.63) is 93.0 Å². The molecule has 0 aliphatic rings. The standard InChI is InChI=1S/C24H18Cl2N2O4S/c1-15-6-8-20(9-7-15)33(30,31)32-23-21(25)12-17(13-22(23)26)11-18(14-27)24(29)28-19-5-3-4-16(2)10-19/h3-13H,1-2H3,(H,28,29)/b18-11+. The summed E-state index contributed by atoms with van der Waals surface area (Å²) < 4.78 is 30.3. The Morgan fingerprint density at radius 2 is 1.64 bits per heavy atom. The molecule has 0 unspecified atom stereocenters. The fraction of sp³-hybridized carbons (Fsp3) is 0.0833. The van der Waals surface area contributed by atoms with E-state index in [2.05, 4.69) is 5.32 Å². The lowest BCUT2D eigenvalue weighted by atomic mass is 10.1. The summed E-state index contributed by atoms with van der Waals surface area (Å²) in [6.45, 7) is 3.71. The molecular weight excluding hydrogens is 483 g/mol. The zero-order valence-corrected chi connectivity index (χ0v) is 19.9. The molecule has 33 heavy (non-hydrogen) atoms. The van der Waals surface area contributed by atoms with Gasteiger partial charge in [-0.2, -0.15) is 13.7 Å². The normalized spacial score (nSPS) is 11.5. The molecule has 0 bridgehead atoms. The number of anilines is 1. The van der Waals surface area contributed by atoms with Gasteiger partial charge in [-0.1, -0.05) is 53.0 Å². The van der Waals surface area contributed by atoms with E-state index in [1.54, 1.807) is 30.3 Å². The average molecular weight is 501 g/mol. The molecule has 3 aromatic rings. The highest BCUT2D eigenvalue weighted by Crippen LogP contribution is 2.37. The van der Waals surface area contributed by atoms with Gasteiger partial charge in [-0.25, -0.2) is 0 Å². The van der Waals surface area contributed by atoms with Gasteiger partial charge in [0.05, 0.1) is 10.0 Å². The average Bonchev–Trinajstić information content (AvgIpc) is 2.75. The Bertz CT molecular complexity index is 1370. The highest BCUT2D eigenvalue weighted by atomic mass is 35.5. The van der Waals surface area contributed by atoms with Gasteiger partial charge in [-0.05, 0) is 67.4 Å². The number of hydrogen-bond donors (Lipinski definition) is 1. The monoisotopic (exact) mass is 500 g/mol. The maximum absolute atomic E-state index is 12.6. The summed E-state index contributed by atoms with van der Waals surface area (Å²) in [6.07, 6.45) is 1.29. The summed E-state index contributed by atoms with van der Waals surface area (Å²) in [7, 11) is -4.17. The van der Waals surface area contributed by atoms with Crippen molar-refractivity contribution in [2.75, 3.05) is 5.32 Å². The van der Waals surface area contributed by atoms with Gasteiger partial charge in [-0.15, -0.1) is 0 Å². The highest BCUT2D eigenvalue weighted by molar-refractivity contribution is 7.87. The lowest BCUT2D eigenvalue weighted by molar-refractivity contribution is -0.112. The zero-order chi connectivity index (χ0) is 24.2. The number of nitrogens with one attached hydrogen (secondary N) is 1. The Morgan fingerprint density at radius 1 is 1.00 bits per heavy atom. The fourth-order valence-electron chi connectivity index (χ4n) is 2.84. The molecule has 0 radical (unpaired) electrons. The number of benzene rings is 3. The third kappa shape index (κ3) is 6.14. The molecule has 0 aliphatic heterocycles. The summed E-state index contributed by atoms with van der Waals surface area (Å²) in [6, 6.07) is 17.8. The van der Waals surface area contributed by atoms with E-state index < -0.39 is 16.0 Å². The Kier molecular flexibility index (Phi) is 7.44. The zero-order valence-electron chi connectivity index (χ0n) is 17.6. The molecule has 1 amide bonds. The van der Waals surface area contributed by atoms with Gasteiger partial charge in [0.15, 0.2) is 5.75 Å². The van der Waals surface area contributed by atoms with Crippen molar-refractivity contribution in [3.8, 4) is 11.8 Å². The van der Waals surface area contributed by atoms with Gasteiger partial charge in [-0.3, -0.25) is 4.79 Å². The minimum Gasteiger partial charge on any atom is -0.376 e. The van der Waals surface area contributed by atoms with E-state index in [0.717, 1.165) is 11.1 Å². The van der Waals surface area contributed by atoms with Crippen LogP contribution < -0.4 is 9.50 Å². The SMILES string of the molecule is Cc1ccc(S(=O)(=O)Oc2c(Cl)cc(/C=C(\C#N)C(=O)Nc3cccc(C)c3)cc2Cl)cc1. The molecule has 0 saturated carbocycles. The van der Waals surface area contributed by atoms with Crippen molar-refractivity contribution in [1.29, 1.82) is 5.26 Å². The van der Waals surface area contributed by atoms with Crippen LogP contribution in [0.2, 0.25) is 10.0 Å². The minimum atomic E-state index is -4.17. The van der Waals surface area contributed by atoms with Crippen molar-refractivity contribution < 1.29 is 17.4 Å². The van der Waals surface area contributed by atoms with E-state index in [0.29, 0.717) is 11.3 Å². The smallest absolute Gasteiger partial charge is 0.339 e. The van der Waals surface area contributed by atoms with Crippen LogP contribution in [0.25, 0.3) is 6.08 Å². The van der Waals surface area contributed by atoms with Crippen LogP contribution in [0.5, 0.6) is 5.75 Å². The van der Waals surface area contributed by atoms with Gasteiger partial charge in [0.25, 0.3) is 5.91 Å². The molecule has 0 aliphatic carbocycles. The van der Waals surface area contributed by atoms with Crippen LogP contribution in [0, 0.1) is 25.2 Å². The lowest BCUT2D eigenvalue weighted by Gasteiger charge is -2.11. The third-order valence-corrected chi connectivity index (χ3v) is 6.27. The van der Waals surface area contributed by atoms with E-state index in [4.69, 9.17) is 27.4 Å². The van der Waals surface area contributed by atoms with E-state index in [9.17, 15) is 18.5 Å². The predicted octanol–water partition coefficient (Wildman–Crippen LogP) is 5.92. The van der Waals surface area contributed by atoms with Gasteiger partial charge < -0.3 is 9.50 Å². The molecule has 0 spiro atoms. The van der Waals surface area contributed by atoms with Crippen LogP contribution in [-0.2, 0) is 14.9 Å². The number of aryl methyl sites for hydroxylation is 2. The highest BCUT2D eigenvalue weighted by Gasteiger charge is 2.21. The Morgan fingerprint density at radius 3 is 2.21 bits per heavy atom. The van der Waals surface area contributed by atoms with E-state index >= 15 is 0 Å². The second-order valence-electron chi connectivity index (χ2n) is 7.16. The molecule has 3 rings (SSSR count). The first-order valence-corrected chi connectivity index (χ1v) is 11.8. The van der Waals surface area contributed by atoms with Gasteiger partial charge in [0, 0.05) is 5.69 Å². The van der Waals surface area contributed by atoms with Crippen molar-refractivity contribution in [3.63, 3.8) is 0 Å². The van der Waals surface area contributed by atoms with Crippen molar-refractivity contribution in [2.45, 2.75) is 18.7 Å². The number of amides is 1. The van der Waals surface area contributed by atoms with Crippen LogP contribution in [-0.4, -0.2) is 14.3 Å². The van der Waals surface area contributed by atoms with E-state index in [1.807, 2.05) is 26.0 Å². The number of carbonyl (C=O) groups excluding carboxylic acids is 1. The Labute approximate surface area is 202 Å². The van der Waals surface area contributed by atoms with Crippen LogP contribution in [0.4, 0.5) is 5.69 Å². The molecule has 1 N–H and O–H groups in total. The molecule has 0 fully saturated rings. The van der Waals surface area contributed by atoms with Crippen molar-refractivity contribution in [2.24, 2.45) is 0 Å². The number of carbonyl (C=O) groups is 1. The summed E-state index contributed by atoms with van der Waals surface area (Å²) in [5.41, 5.74) is 2.51. The summed E-state index contributed by atoms with van der Waals surface area (Å²) in [5, 5.41) is 11.9. The number of nitrogens with zero attached hydrogens (tertiary/aromatic N) is 1. The molecular formula is C24H18Cl2N2O4S. The van der Waals surface area contributed by atoms with E-state index in [-0.39, 0.29) is 26.3 Å². The maximum atomic E-state index is 12.6. The summed E-state index contributed by atoms with van der Waals surface area (Å²) in [4.78, 5) is 12.4. The van der Waals surface area contributed by atoms with Crippen LogP contribution in [0.15, 0.2) is 71.1 Å².